The number of nitrogens with zero attached hydrogens (tertiary/aromatic N) is 1. The molecule has 0 aromatic heterocycles. The largest absolute Gasteiger partial charge is 0.366 e. The molecule has 1 aliphatic rings. The normalized spacial score (nSPS) is 21.1. The van der Waals surface area contributed by atoms with Gasteiger partial charge in [-0.3, -0.25) is 4.79 Å². The molecule has 2 nitrogen and oxygen atoms in total. The second-order valence-electron chi connectivity index (χ2n) is 6.93. The van der Waals surface area contributed by atoms with E-state index in [0.29, 0.717) is 11.9 Å². The van der Waals surface area contributed by atoms with E-state index in [1.165, 1.54) is 0 Å². The average molecular weight is 352 g/mol. The Morgan fingerprint density at radius 3 is 1.90 bits per heavy atom. The smallest absolute Gasteiger partial charge is 0.216 e. The molecule has 1 amide bonds. The molecule has 1 fully saturated rings. The van der Waals surface area contributed by atoms with E-state index in [2.05, 4.69) is 57.2 Å². The summed E-state index contributed by atoms with van der Waals surface area (Å²) in [5.41, 5.74) is 0. The Hall–Kier alpha value is 0.737. The summed E-state index contributed by atoms with van der Waals surface area (Å²) < 4.78 is 2.47. The molecule has 0 spiro atoms. The summed E-state index contributed by atoms with van der Waals surface area (Å²) in [5, 5.41) is 0.224. The van der Waals surface area contributed by atoms with Crippen LogP contribution in [-0.2, 0) is 4.79 Å². The Labute approximate surface area is 138 Å². The van der Waals surface area contributed by atoms with Crippen LogP contribution in [0.15, 0.2) is 0 Å². The Kier molecular flexibility index (Phi) is 6.07. The van der Waals surface area contributed by atoms with Gasteiger partial charge in [-0.25, -0.2) is 0 Å². The number of rotatable bonds is 6. The van der Waals surface area contributed by atoms with Crippen molar-refractivity contribution in [2.45, 2.75) is 61.2 Å². The van der Waals surface area contributed by atoms with Crippen molar-refractivity contribution in [1.29, 1.82) is 0 Å². The molecule has 0 aromatic rings. The summed E-state index contributed by atoms with van der Waals surface area (Å²) in [7, 11) is -1.73. The van der Waals surface area contributed by atoms with E-state index in [-0.39, 0.29) is 8.45 Å². The second-order valence-corrected chi connectivity index (χ2v) is 16.1. The molecule has 6 heteroatoms. The van der Waals surface area contributed by atoms with Crippen LogP contribution in [0.1, 0.15) is 33.6 Å². The fourth-order valence-electron chi connectivity index (χ4n) is 2.56. The Morgan fingerprint density at radius 1 is 1.15 bits per heavy atom. The van der Waals surface area contributed by atoms with E-state index in [0.717, 1.165) is 12.8 Å². The average Bonchev–Trinajstić information content (AvgIpc) is 2.32. The molecule has 20 heavy (non-hydrogen) atoms. The van der Waals surface area contributed by atoms with E-state index in [4.69, 9.17) is 0 Å². The summed E-state index contributed by atoms with van der Waals surface area (Å²) in [4.78, 5) is 12.2. The van der Waals surface area contributed by atoms with Crippen molar-refractivity contribution in [3.8, 4) is 0 Å². The molecular weight excluding hydrogens is 322 g/mol. The van der Waals surface area contributed by atoms with Crippen molar-refractivity contribution in [1.82, 2.24) is 4.57 Å². The predicted molar refractivity (Wildman–Crippen MR) is 100 cm³/mol. The highest BCUT2D eigenvalue weighted by Gasteiger charge is 2.53. The minimum atomic E-state index is -1.73. The molecule has 118 valence electrons. The van der Waals surface area contributed by atoms with Crippen molar-refractivity contribution >= 4 is 49.4 Å². The van der Waals surface area contributed by atoms with Gasteiger partial charge in [0.25, 0.3) is 0 Å². The minimum Gasteiger partial charge on any atom is -0.366 e. The highest BCUT2D eigenvalue weighted by Crippen LogP contribution is 2.51. The number of thioether (sulfide) groups is 3. The first-order chi connectivity index (χ1) is 9.04. The van der Waals surface area contributed by atoms with Crippen LogP contribution in [0.25, 0.3) is 0 Å². The Balaban J connectivity index is 2.92. The molecule has 0 bridgehead atoms. The maximum absolute atomic E-state index is 12.2. The van der Waals surface area contributed by atoms with E-state index < -0.39 is 8.24 Å². The molecule has 0 radical (unpaired) electrons. The first-order valence-corrected chi connectivity index (χ1v) is 13.6. The third-order valence-electron chi connectivity index (χ3n) is 4.90. The lowest BCUT2D eigenvalue weighted by molar-refractivity contribution is -0.139. The van der Waals surface area contributed by atoms with Gasteiger partial charge < -0.3 is 4.57 Å². The summed E-state index contributed by atoms with van der Waals surface area (Å²) in [6.45, 7) is 11.5. The van der Waals surface area contributed by atoms with E-state index in [9.17, 15) is 4.79 Å². The maximum Gasteiger partial charge on any atom is 0.216 e. The van der Waals surface area contributed by atoms with Crippen LogP contribution < -0.4 is 0 Å². The standard InChI is InChI=1S/C14H29NOS3Si/c1-13(2,3)20(7,8)15-11(9-12(15)16)10-14(17-4,18-5)19-6/h11H,9-10H2,1-8H3. The summed E-state index contributed by atoms with van der Waals surface area (Å²) in [5.74, 6) is 0.374. The molecule has 0 saturated carbocycles. The van der Waals surface area contributed by atoms with Crippen LogP contribution in [0.5, 0.6) is 0 Å². The van der Waals surface area contributed by atoms with E-state index in [1.807, 2.05) is 35.3 Å². The lowest BCUT2D eigenvalue weighted by atomic mass is 10.0. The summed E-state index contributed by atoms with van der Waals surface area (Å²) >= 11 is 5.76. The fraction of sp³-hybridized carbons (Fsp3) is 0.929. The highest BCUT2D eigenvalue weighted by atomic mass is 32.3. The van der Waals surface area contributed by atoms with E-state index in [1.54, 1.807) is 0 Å². The maximum atomic E-state index is 12.2. The van der Waals surface area contributed by atoms with Gasteiger partial charge in [-0.1, -0.05) is 33.9 Å². The Morgan fingerprint density at radius 2 is 1.60 bits per heavy atom. The van der Waals surface area contributed by atoms with Crippen LogP contribution >= 0.6 is 35.3 Å². The van der Waals surface area contributed by atoms with Crippen LogP contribution in [-0.4, -0.2) is 46.9 Å². The van der Waals surface area contributed by atoms with Gasteiger partial charge in [0.05, 0.1) is 0 Å². The molecule has 0 aromatic carbocycles. The van der Waals surface area contributed by atoms with Gasteiger partial charge in [-0.15, -0.1) is 35.3 Å². The second kappa shape index (κ2) is 6.47. The van der Waals surface area contributed by atoms with Gasteiger partial charge in [0.1, 0.15) is 3.41 Å². The summed E-state index contributed by atoms with van der Waals surface area (Å²) in [6, 6.07) is 0.441. The number of β-lactam (4-membered cyclic amide) rings is 1. The fourth-order valence-corrected chi connectivity index (χ4v) is 8.17. The number of carbonyl (C=O) groups is 1. The van der Waals surface area contributed by atoms with Crippen molar-refractivity contribution in [3.63, 3.8) is 0 Å². The Bertz CT molecular complexity index is 356. The molecule has 1 atom stereocenters. The van der Waals surface area contributed by atoms with Crippen LogP contribution in [0.4, 0.5) is 0 Å². The van der Waals surface area contributed by atoms with Gasteiger partial charge in [0, 0.05) is 18.9 Å². The third kappa shape index (κ3) is 3.38. The predicted octanol–water partition coefficient (Wildman–Crippen LogP) is 4.73. The molecule has 1 heterocycles. The van der Waals surface area contributed by atoms with Crippen LogP contribution in [0.3, 0.4) is 0 Å². The highest BCUT2D eigenvalue weighted by molar-refractivity contribution is 8.33. The number of hydrogen-bond donors (Lipinski definition) is 0. The van der Waals surface area contributed by atoms with Crippen molar-refractivity contribution in [3.05, 3.63) is 0 Å². The lowest BCUT2D eigenvalue weighted by Crippen LogP contribution is -2.68. The van der Waals surface area contributed by atoms with Crippen molar-refractivity contribution in [2.24, 2.45) is 0 Å². The van der Waals surface area contributed by atoms with Crippen molar-refractivity contribution < 1.29 is 4.79 Å². The monoisotopic (exact) mass is 351 g/mol. The topological polar surface area (TPSA) is 20.3 Å². The van der Waals surface area contributed by atoms with E-state index >= 15 is 0 Å². The van der Waals surface area contributed by atoms with Gasteiger partial charge in [0.2, 0.25) is 5.91 Å². The molecule has 0 aliphatic carbocycles. The zero-order valence-corrected chi connectivity index (χ0v) is 17.5. The molecule has 1 unspecified atom stereocenters. The lowest BCUT2D eigenvalue weighted by Gasteiger charge is -2.56. The van der Waals surface area contributed by atoms with Gasteiger partial charge in [-0.05, 0) is 23.8 Å². The first-order valence-electron chi connectivity index (χ1n) is 7.02. The first kappa shape index (κ1) is 18.8. The number of hydrogen-bond acceptors (Lipinski definition) is 4. The van der Waals surface area contributed by atoms with Crippen LogP contribution in [0, 0.1) is 0 Å². The quantitative estimate of drug-likeness (QED) is 0.391. The van der Waals surface area contributed by atoms with Crippen LogP contribution in [0.2, 0.25) is 18.1 Å². The SMILES string of the molecule is CSC(CC1CC(=O)N1[Si](C)(C)C(C)(C)C)(SC)SC. The number of amides is 1. The minimum absolute atomic E-state index is 0.186. The van der Waals surface area contributed by atoms with Crippen molar-refractivity contribution in [2.75, 3.05) is 18.8 Å². The number of carbonyl (C=O) groups excluding carboxylic acids is 1. The molecule has 1 aliphatic heterocycles. The third-order valence-corrected chi connectivity index (χ3v) is 15.8. The zero-order chi connectivity index (χ0) is 15.8. The molecular formula is C14H29NOS3Si. The molecule has 1 saturated heterocycles. The van der Waals surface area contributed by atoms with Gasteiger partial charge in [0.15, 0.2) is 8.24 Å². The molecule has 0 N–H and O–H groups in total. The van der Waals surface area contributed by atoms with Gasteiger partial charge >= 0.3 is 0 Å². The summed E-state index contributed by atoms with van der Waals surface area (Å²) in [6.07, 6.45) is 8.39. The zero-order valence-electron chi connectivity index (χ0n) is 14.1. The van der Waals surface area contributed by atoms with Gasteiger partial charge in [-0.2, -0.15) is 0 Å². The molecule has 1 rings (SSSR count).